The van der Waals surface area contributed by atoms with Crippen molar-refractivity contribution in [3.8, 4) is 0 Å². The molecule has 0 saturated heterocycles. The predicted octanol–water partition coefficient (Wildman–Crippen LogP) is -0.889. The highest BCUT2D eigenvalue weighted by Crippen LogP contribution is 1.92. The first-order valence-electron chi connectivity index (χ1n) is 2.92. The molecule has 6 nitrogen and oxygen atoms in total. The highest BCUT2D eigenvalue weighted by molar-refractivity contribution is 7.80. The molecule has 0 aliphatic carbocycles. The maximum atomic E-state index is 10.5. The lowest BCUT2D eigenvalue weighted by molar-refractivity contribution is -0.118. The van der Waals surface area contributed by atoms with Crippen molar-refractivity contribution in [3.05, 3.63) is 12.7 Å². The summed E-state index contributed by atoms with van der Waals surface area (Å²) in [5, 5.41) is 2.03. The molecule has 1 amide bonds. The molecule has 0 radical (unpaired) electrons. The highest BCUT2D eigenvalue weighted by atomic mass is 32.3. The van der Waals surface area contributed by atoms with Gasteiger partial charge < -0.3 is 9.87 Å². The van der Waals surface area contributed by atoms with Crippen LogP contribution in [0.5, 0.6) is 0 Å². The molecule has 12 heavy (non-hydrogen) atoms. The van der Waals surface area contributed by atoms with E-state index in [-0.39, 0.29) is 0 Å². The van der Waals surface area contributed by atoms with Crippen molar-refractivity contribution in [2.24, 2.45) is 0 Å². The van der Waals surface area contributed by atoms with Gasteiger partial charge in [0.2, 0.25) is 16.3 Å². The zero-order valence-corrected chi connectivity index (χ0v) is 7.13. The summed E-state index contributed by atoms with van der Waals surface area (Å²) >= 11 is 0. The molecule has 1 unspecified atom stereocenters. The Hall–Kier alpha value is -0.920. The lowest BCUT2D eigenvalue weighted by atomic mass is 10.5. The van der Waals surface area contributed by atoms with Gasteiger partial charge in [-0.25, -0.2) is 8.42 Å². The number of hydrogen-bond acceptors (Lipinski definition) is 5. The third-order valence-electron chi connectivity index (χ3n) is 0.793. The molecule has 0 spiro atoms. The first-order chi connectivity index (χ1) is 5.35. The normalized spacial score (nSPS) is 13.5. The first kappa shape index (κ1) is 11.1. The fraction of sp³-hybridized carbons (Fsp3) is 0.400. The number of hydrogen-bond donors (Lipinski definition) is 1. The standard InChI is InChI=1S/C5H9NO5S/c1-3-5(7)6-4(2)11-12(8,9)10/h3-4H,1H2,2H3,(H,6,7)(H,8,9,10)/p-1. The maximum absolute atomic E-state index is 10.5. The summed E-state index contributed by atoms with van der Waals surface area (Å²) in [4.78, 5) is 10.5. The Balaban J connectivity index is 3.99. The van der Waals surface area contributed by atoms with Gasteiger partial charge in [-0.1, -0.05) is 6.58 Å². The zero-order chi connectivity index (χ0) is 9.78. The monoisotopic (exact) mass is 194 g/mol. The van der Waals surface area contributed by atoms with Gasteiger partial charge in [-0.05, 0) is 13.0 Å². The van der Waals surface area contributed by atoms with E-state index in [4.69, 9.17) is 0 Å². The zero-order valence-electron chi connectivity index (χ0n) is 6.31. The second-order valence-corrected chi connectivity index (χ2v) is 2.87. The highest BCUT2D eigenvalue weighted by Gasteiger charge is 2.07. The van der Waals surface area contributed by atoms with Gasteiger partial charge in [0.25, 0.3) is 0 Å². The van der Waals surface area contributed by atoms with Crippen LogP contribution in [0.4, 0.5) is 0 Å². The molecule has 1 N–H and O–H groups in total. The first-order valence-corrected chi connectivity index (χ1v) is 4.25. The molecule has 7 heteroatoms. The van der Waals surface area contributed by atoms with Crippen molar-refractivity contribution < 1.29 is 21.9 Å². The van der Waals surface area contributed by atoms with Gasteiger partial charge in [0.15, 0.2) is 0 Å². The summed E-state index contributed by atoms with van der Waals surface area (Å²) in [6.45, 7) is 4.32. The SMILES string of the molecule is C=CC(=O)NC(C)OS(=O)(=O)[O-]. The molecule has 0 aromatic carbocycles. The molecule has 0 bridgehead atoms. The lowest BCUT2D eigenvalue weighted by Crippen LogP contribution is -2.34. The van der Waals surface area contributed by atoms with E-state index in [2.05, 4.69) is 10.8 Å². The number of rotatable bonds is 4. The van der Waals surface area contributed by atoms with Gasteiger partial charge in [0.1, 0.15) is 6.23 Å². The average molecular weight is 194 g/mol. The molecule has 1 atom stereocenters. The minimum atomic E-state index is -4.78. The number of carbonyl (C=O) groups excluding carboxylic acids is 1. The predicted molar refractivity (Wildman–Crippen MR) is 38.6 cm³/mol. The van der Waals surface area contributed by atoms with Gasteiger partial charge in [-0.3, -0.25) is 8.98 Å². The molecule has 0 fully saturated rings. The Morgan fingerprint density at radius 1 is 1.75 bits per heavy atom. The molecular weight excluding hydrogens is 186 g/mol. The summed E-state index contributed by atoms with van der Waals surface area (Å²) in [5.41, 5.74) is 0. The summed E-state index contributed by atoms with van der Waals surface area (Å²) in [6, 6.07) is 0. The second-order valence-electron chi connectivity index (χ2n) is 1.86. The van der Waals surface area contributed by atoms with Crippen LogP contribution in [0.25, 0.3) is 0 Å². The minimum Gasteiger partial charge on any atom is -0.725 e. The second kappa shape index (κ2) is 4.19. The van der Waals surface area contributed by atoms with Crippen LogP contribution in [0.1, 0.15) is 6.92 Å². The molecule has 0 aliphatic heterocycles. The quantitative estimate of drug-likeness (QED) is 0.271. The molecule has 0 saturated carbocycles. The third-order valence-corrected chi connectivity index (χ3v) is 1.32. The average Bonchev–Trinajstić information content (AvgIpc) is 1.82. The Morgan fingerprint density at radius 3 is 2.58 bits per heavy atom. The van der Waals surface area contributed by atoms with E-state index in [9.17, 15) is 17.8 Å². The van der Waals surface area contributed by atoms with Gasteiger partial charge in [0, 0.05) is 0 Å². The smallest absolute Gasteiger partial charge is 0.245 e. The molecule has 0 aromatic heterocycles. The third kappa shape index (κ3) is 5.83. The van der Waals surface area contributed by atoms with Crippen LogP contribution >= 0.6 is 0 Å². The van der Waals surface area contributed by atoms with E-state index in [1.165, 1.54) is 6.92 Å². The molecular formula is C5H8NO5S-. The molecule has 0 heterocycles. The van der Waals surface area contributed by atoms with Crippen LogP contribution in [0, 0.1) is 0 Å². The summed E-state index contributed by atoms with van der Waals surface area (Å²) in [6.07, 6.45) is -0.255. The fourth-order valence-corrected chi connectivity index (χ4v) is 0.862. The van der Waals surface area contributed by atoms with E-state index in [0.29, 0.717) is 0 Å². The Labute approximate surface area is 70.2 Å². The van der Waals surface area contributed by atoms with Crippen LogP contribution in [0.2, 0.25) is 0 Å². The van der Waals surface area contributed by atoms with E-state index in [1.54, 1.807) is 0 Å². The Kier molecular flexibility index (Phi) is 3.87. The maximum Gasteiger partial charge on any atom is 0.245 e. The van der Waals surface area contributed by atoms with Crippen LogP contribution in [-0.2, 0) is 19.4 Å². The largest absolute Gasteiger partial charge is 0.725 e. The van der Waals surface area contributed by atoms with E-state index < -0.39 is 22.5 Å². The van der Waals surface area contributed by atoms with Gasteiger partial charge in [-0.2, -0.15) is 0 Å². The van der Waals surface area contributed by atoms with Crippen LogP contribution in [0.3, 0.4) is 0 Å². The number of amides is 1. The molecule has 0 rings (SSSR count). The van der Waals surface area contributed by atoms with Crippen molar-refractivity contribution >= 4 is 16.3 Å². The minimum absolute atomic E-state index is 0.619. The van der Waals surface area contributed by atoms with Crippen LogP contribution in [-0.4, -0.2) is 25.1 Å². The van der Waals surface area contributed by atoms with Crippen molar-refractivity contribution in [2.45, 2.75) is 13.2 Å². The number of carbonyl (C=O) groups is 1. The van der Waals surface area contributed by atoms with Crippen molar-refractivity contribution in [1.82, 2.24) is 5.32 Å². The van der Waals surface area contributed by atoms with E-state index >= 15 is 0 Å². The summed E-state index contributed by atoms with van der Waals surface area (Å²) in [5.74, 6) is -0.619. The Morgan fingerprint density at radius 2 is 2.25 bits per heavy atom. The Bertz CT molecular complexity index is 270. The molecule has 70 valence electrons. The van der Waals surface area contributed by atoms with E-state index in [0.717, 1.165) is 6.08 Å². The van der Waals surface area contributed by atoms with Gasteiger partial charge >= 0.3 is 0 Å². The summed E-state index contributed by atoms with van der Waals surface area (Å²) in [7, 11) is -4.78. The van der Waals surface area contributed by atoms with Crippen molar-refractivity contribution in [2.75, 3.05) is 0 Å². The topological polar surface area (TPSA) is 95.5 Å². The van der Waals surface area contributed by atoms with Crippen molar-refractivity contribution in [1.29, 1.82) is 0 Å². The fourth-order valence-electron chi connectivity index (χ4n) is 0.460. The van der Waals surface area contributed by atoms with Gasteiger partial charge in [0.05, 0.1) is 0 Å². The molecule has 0 aliphatic rings. The van der Waals surface area contributed by atoms with Crippen LogP contribution < -0.4 is 5.32 Å². The van der Waals surface area contributed by atoms with Crippen molar-refractivity contribution in [3.63, 3.8) is 0 Å². The van der Waals surface area contributed by atoms with Gasteiger partial charge in [-0.15, -0.1) is 0 Å². The van der Waals surface area contributed by atoms with Crippen LogP contribution in [0.15, 0.2) is 12.7 Å². The summed E-state index contributed by atoms with van der Waals surface area (Å²) < 4.78 is 33.7. The van der Waals surface area contributed by atoms with E-state index in [1.807, 2.05) is 5.32 Å². The number of nitrogens with one attached hydrogen (secondary N) is 1. The molecule has 0 aromatic rings. The lowest BCUT2D eigenvalue weighted by Gasteiger charge is -2.14.